The Bertz CT molecular complexity index is 644. The summed E-state index contributed by atoms with van der Waals surface area (Å²) in [5.74, 6) is 0.0862. The molecule has 0 aromatic heterocycles. The predicted molar refractivity (Wildman–Crippen MR) is 105 cm³/mol. The number of carbonyl (C=O) groups excluding carboxylic acids is 2. The number of aliphatic imine (C=N–C) groups is 1. The Morgan fingerprint density at radius 2 is 1.75 bits per heavy atom. The molecule has 1 aliphatic carbocycles. The fraction of sp³-hybridized carbons (Fsp3) is 0.471. The molecule has 6 nitrogen and oxygen atoms in total. The Kier molecular flexibility index (Phi) is 6.59. The van der Waals surface area contributed by atoms with Crippen LogP contribution in [-0.4, -0.2) is 35.8 Å². The van der Waals surface area contributed by atoms with Crippen LogP contribution in [-0.2, 0) is 22.4 Å². The molecule has 0 atom stereocenters. The van der Waals surface area contributed by atoms with Gasteiger partial charge in [-0.3, -0.25) is 19.5 Å². The van der Waals surface area contributed by atoms with Crippen LogP contribution in [0.1, 0.15) is 36.8 Å². The first-order chi connectivity index (χ1) is 11.1. The Labute approximate surface area is 158 Å². The summed E-state index contributed by atoms with van der Waals surface area (Å²) in [6, 6.07) is 6.25. The number of amides is 2. The maximum absolute atomic E-state index is 11.7. The number of nitrogens with two attached hydrogens (primary N) is 1. The number of hydrogen-bond acceptors (Lipinski definition) is 3. The van der Waals surface area contributed by atoms with Gasteiger partial charge in [-0.1, -0.05) is 6.07 Å². The third kappa shape index (κ3) is 4.46. The topological polar surface area (TPSA) is 87.8 Å². The van der Waals surface area contributed by atoms with E-state index >= 15 is 0 Å². The van der Waals surface area contributed by atoms with Crippen LogP contribution in [0.4, 0.5) is 5.69 Å². The first kappa shape index (κ1) is 18.7. The first-order valence-corrected chi connectivity index (χ1v) is 8.15. The first-order valence-electron chi connectivity index (χ1n) is 8.15. The third-order valence-corrected chi connectivity index (χ3v) is 4.36. The summed E-state index contributed by atoms with van der Waals surface area (Å²) in [6.07, 6.45) is 5.01. The summed E-state index contributed by atoms with van der Waals surface area (Å²) >= 11 is 0. The summed E-state index contributed by atoms with van der Waals surface area (Å²) in [4.78, 5) is 28.9. The molecule has 0 saturated carbocycles. The van der Waals surface area contributed by atoms with Crippen LogP contribution < -0.4 is 11.1 Å². The minimum absolute atomic E-state index is 0. The minimum Gasteiger partial charge on any atom is -0.370 e. The van der Waals surface area contributed by atoms with E-state index < -0.39 is 0 Å². The van der Waals surface area contributed by atoms with E-state index in [9.17, 15) is 9.59 Å². The number of nitrogens with one attached hydrogen (secondary N) is 1. The van der Waals surface area contributed by atoms with Gasteiger partial charge in [-0.15, -0.1) is 24.0 Å². The van der Waals surface area contributed by atoms with Crippen molar-refractivity contribution in [2.45, 2.75) is 38.5 Å². The lowest BCUT2D eigenvalue weighted by Gasteiger charge is -2.24. The number of halogens is 1. The van der Waals surface area contributed by atoms with E-state index in [2.05, 4.69) is 22.4 Å². The van der Waals surface area contributed by atoms with E-state index in [1.165, 1.54) is 22.4 Å². The molecule has 1 fully saturated rings. The summed E-state index contributed by atoms with van der Waals surface area (Å²) in [7, 11) is 0. The van der Waals surface area contributed by atoms with Crippen molar-refractivity contribution in [3.05, 3.63) is 29.3 Å². The van der Waals surface area contributed by atoms with Gasteiger partial charge in [0.2, 0.25) is 11.8 Å². The van der Waals surface area contributed by atoms with Crippen molar-refractivity contribution in [2.24, 2.45) is 10.7 Å². The number of anilines is 1. The number of carbonyl (C=O) groups is 2. The number of likely N-dealkylation sites (tertiary alicyclic amines) is 1. The number of imide groups is 1. The maximum atomic E-state index is 11.7. The molecule has 24 heavy (non-hydrogen) atoms. The number of nitrogens with zero attached hydrogens (tertiary/aromatic N) is 2. The van der Waals surface area contributed by atoms with Crippen LogP contribution in [0.25, 0.3) is 0 Å². The van der Waals surface area contributed by atoms with E-state index in [0.29, 0.717) is 38.3 Å². The Morgan fingerprint density at radius 1 is 1.08 bits per heavy atom. The summed E-state index contributed by atoms with van der Waals surface area (Å²) in [6.45, 7) is 0.617. The molecule has 0 spiro atoms. The van der Waals surface area contributed by atoms with Crippen molar-refractivity contribution in [3.63, 3.8) is 0 Å². The van der Waals surface area contributed by atoms with Crippen molar-refractivity contribution >= 4 is 47.4 Å². The Morgan fingerprint density at radius 3 is 2.50 bits per heavy atom. The molecule has 2 aliphatic rings. The molecule has 0 bridgehead atoms. The SMILES string of the molecule is I.NC(=NCCN1C(=O)CCCC1=O)Nc1ccc2c(c1)CCC2. The fourth-order valence-electron chi connectivity index (χ4n) is 3.16. The molecular weight excluding hydrogens is 419 g/mol. The average Bonchev–Trinajstić information content (AvgIpc) is 2.98. The predicted octanol–water partition coefficient (Wildman–Crippen LogP) is 2.06. The van der Waals surface area contributed by atoms with Crippen LogP contribution in [0, 0.1) is 0 Å². The van der Waals surface area contributed by atoms with E-state index in [-0.39, 0.29) is 35.8 Å². The van der Waals surface area contributed by atoms with Gasteiger partial charge in [0, 0.05) is 25.1 Å². The minimum atomic E-state index is -0.110. The van der Waals surface area contributed by atoms with Crippen LogP contribution in [0.3, 0.4) is 0 Å². The lowest BCUT2D eigenvalue weighted by atomic mass is 10.1. The van der Waals surface area contributed by atoms with Crippen molar-refractivity contribution in [2.75, 3.05) is 18.4 Å². The van der Waals surface area contributed by atoms with Crippen molar-refractivity contribution < 1.29 is 9.59 Å². The molecule has 1 saturated heterocycles. The number of fused-ring (bicyclic) bond motifs is 1. The summed E-state index contributed by atoms with van der Waals surface area (Å²) < 4.78 is 0. The van der Waals surface area contributed by atoms with Crippen LogP contribution in [0.5, 0.6) is 0 Å². The molecule has 7 heteroatoms. The van der Waals surface area contributed by atoms with Gasteiger partial charge in [0.25, 0.3) is 0 Å². The molecule has 1 aliphatic heterocycles. The van der Waals surface area contributed by atoms with E-state index in [0.717, 1.165) is 18.5 Å². The molecule has 3 rings (SSSR count). The zero-order valence-electron chi connectivity index (χ0n) is 13.6. The normalized spacial score (nSPS) is 17.5. The van der Waals surface area contributed by atoms with E-state index in [4.69, 9.17) is 5.73 Å². The number of benzene rings is 1. The molecule has 2 amide bonds. The lowest BCUT2D eigenvalue weighted by molar-refractivity contribution is -0.147. The fourth-order valence-corrected chi connectivity index (χ4v) is 3.16. The van der Waals surface area contributed by atoms with Crippen LogP contribution in [0.15, 0.2) is 23.2 Å². The monoisotopic (exact) mass is 442 g/mol. The molecule has 1 aromatic rings. The average molecular weight is 442 g/mol. The highest BCUT2D eigenvalue weighted by atomic mass is 127. The van der Waals surface area contributed by atoms with Crippen molar-refractivity contribution in [1.82, 2.24) is 4.90 Å². The van der Waals surface area contributed by atoms with Gasteiger partial charge in [-0.25, -0.2) is 0 Å². The molecule has 0 radical (unpaired) electrons. The number of hydrogen-bond donors (Lipinski definition) is 2. The molecule has 3 N–H and O–H groups in total. The standard InChI is InChI=1S/C17H22N4O2.HI/c18-17(19-9-10-21-15(22)5-2-6-16(21)23)20-14-8-7-12-3-1-4-13(12)11-14;/h7-8,11H,1-6,9-10H2,(H3,18,19,20);1H. The number of piperidine rings is 1. The summed E-state index contributed by atoms with van der Waals surface area (Å²) in [5, 5.41) is 3.07. The maximum Gasteiger partial charge on any atom is 0.229 e. The smallest absolute Gasteiger partial charge is 0.229 e. The van der Waals surface area contributed by atoms with Crippen LogP contribution >= 0.6 is 24.0 Å². The number of rotatable bonds is 4. The Balaban J connectivity index is 0.00000208. The van der Waals surface area contributed by atoms with Gasteiger partial charge < -0.3 is 11.1 Å². The molecule has 130 valence electrons. The van der Waals surface area contributed by atoms with Gasteiger partial charge in [-0.05, 0) is 48.9 Å². The highest BCUT2D eigenvalue weighted by Crippen LogP contribution is 2.24. The second kappa shape index (κ2) is 8.46. The quantitative estimate of drug-likeness (QED) is 0.324. The van der Waals surface area contributed by atoms with E-state index in [1.807, 2.05) is 6.07 Å². The third-order valence-electron chi connectivity index (χ3n) is 4.36. The highest BCUT2D eigenvalue weighted by molar-refractivity contribution is 14.0. The lowest BCUT2D eigenvalue weighted by Crippen LogP contribution is -2.41. The molecular formula is C17H23IN4O2. The van der Waals surface area contributed by atoms with Gasteiger partial charge in [0.1, 0.15) is 0 Å². The second-order valence-corrected chi connectivity index (χ2v) is 6.02. The zero-order chi connectivity index (χ0) is 16.2. The number of guanidine groups is 1. The zero-order valence-corrected chi connectivity index (χ0v) is 15.9. The second-order valence-electron chi connectivity index (χ2n) is 6.02. The van der Waals surface area contributed by atoms with Gasteiger partial charge in [0.15, 0.2) is 5.96 Å². The largest absolute Gasteiger partial charge is 0.370 e. The number of aryl methyl sites for hydroxylation is 2. The molecule has 1 heterocycles. The van der Waals surface area contributed by atoms with E-state index in [1.54, 1.807) is 0 Å². The van der Waals surface area contributed by atoms with Crippen LogP contribution in [0.2, 0.25) is 0 Å². The van der Waals surface area contributed by atoms with Gasteiger partial charge in [-0.2, -0.15) is 0 Å². The molecule has 0 unspecified atom stereocenters. The molecule has 1 aromatic carbocycles. The highest BCUT2D eigenvalue weighted by Gasteiger charge is 2.24. The van der Waals surface area contributed by atoms with Crippen molar-refractivity contribution in [3.8, 4) is 0 Å². The van der Waals surface area contributed by atoms with Gasteiger partial charge >= 0.3 is 0 Å². The summed E-state index contributed by atoms with van der Waals surface area (Å²) in [5.41, 5.74) is 9.59. The Hall–Kier alpha value is -1.64. The van der Waals surface area contributed by atoms with Crippen molar-refractivity contribution in [1.29, 1.82) is 0 Å². The van der Waals surface area contributed by atoms with Gasteiger partial charge in [0.05, 0.1) is 6.54 Å².